The van der Waals surface area contributed by atoms with Gasteiger partial charge in [-0.3, -0.25) is 4.79 Å². The highest BCUT2D eigenvalue weighted by atomic mass is 35.5. The lowest BCUT2D eigenvalue weighted by molar-refractivity contribution is 0.298. The number of ether oxygens (including phenoxy) is 1. The SMILES string of the molecule is C[C@H](NCc1cc2ccc(Cl)cc2n(CCOc2ccccc2)c1=O)c1ccco1. The van der Waals surface area contributed by atoms with Gasteiger partial charge in [-0.1, -0.05) is 35.9 Å². The molecule has 1 atom stereocenters. The van der Waals surface area contributed by atoms with E-state index in [1.165, 1.54) is 0 Å². The van der Waals surface area contributed by atoms with E-state index < -0.39 is 0 Å². The monoisotopic (exact) mass is 422 g/mol. The minimum absolute atomic E-state index is 0.00446. The molecule has 0 fully saturated rings. The molecular weight excluding hydrogens is 400 g/mol. The van der Waals surface area contributed by atoms with Crippen LogP contribution in [0.4, 0.5) is 0 Å². The molecule has 2 aromatic heterocycles. The van der Waals surface area contributed by atoms with Gasteiger partial charge in [0.2, 0.25) is 0 Å². The number of fused-ring (bicyclic) bond motifs is 1. The second kappa shape index (κ2) is 9.20. The molecule has 0 aliphatic carbocycles. The van der Waals surface area contributed by atoms with E-state index in [0.29, 0.717) is 30.3 Å². The number of pyridine rings is 1. The van der Waals surface area contributed by atoms with Crippen LogP contribution in [-0.2, 0) is 13.1 Å². The molecule has 2 heterocycles. The van der Waals surface area contributed by atoms with Gasteiger partial charge in [0.05, 0.1) is 24.4 Å². The lowest BCUT2D eigenvalue weighted by Crippen LogP contribution is -2.30. The van der Waals surface area contributed by atoms with Crippen molar-refractivity contribution in [3.63, 3.8) is 0 Å². The molecule has 0 bridgehead atoms. The van der Waals surface area contributed by atoms with E-state index in [1.807, 2.05) is 73.7 Å². The Bertz CT molecular complexity index is 1170. The zero-order valence-corrected chi connectivity index (χ0v) is 17.4. The highest BCUT2D eigenvalue weighted by molar-refractivity contribution is 6.31. The van der Waals surface area contributed by atoms with Gasteiger partial charge in [0.15, 0.2) is 0 Å². The Labute approximate surface area is 179 Å². The van der Waals surface area contributed by atoms with Gasteiger partial charge in [0.1, 0.15) is 18.1 Å². The van der Waals surface area contributed by atoms with Crippen molar-refractivity contribution >= 4 is 22.5 Å². The van der Waals surface area contributed by atoms with Crippen LogP contribution in [0.3, 0.4) is 0 Å². The van der Waals surface area contributed by atoms with Crippen LogP contribution in [0.5, 0.6) is 5.75 Å². The number of nitrogens with zero attached hydrogens (tertiary/aromatic N) is 1. The summed E-state index contributed by atoms with van der Waals surface area (Å²) in [7, 11) is 0. The highest BCUT2D eigenvalue weighted by Crippen LogP contribution is 2.20. The lowest BCUT2D eigenvalue weighted by atomic mass is 10.1. The van der Waals surface area contributed by atoms with E-state index in [2.05, 4.69) is 5.32 Å². The maximum Gasteiger partial charge on any atom is 0.255 e. The number of nitrogens with one attached hydrogen (secondary N) is 1. The smallest absolute Gasteiger partial charge is 0.255 e. The molecule has 0 unspecified atom stereocenters. The molecule has 30 heavy (non-hydrogen) atoms. The molecule has 2 aromatic carbocycles. The summed E-state index contributed by atoms with van der Waals surface area (Å²) in [6.07, 6.45) is 1.65. The van der Waals surface area contributed by atoms with Gasteiger partial charge in [-0.25, -0.2) is 0 Å². The van der Waals surface area contributed by atoms with Crippen molar-refractivity contribution in [3.8, 4) is 5.75 Å². The fraction of sp³-hybridized carbons (Fsp3) is 0.208. The molecule has 0 aliphatic rings. The van der Waals surface area contributed by atoms with E-state index in [1.54, 1.807) is 10.8 Å². The summed E-state index contributed by atoms with van der Waals surface area (Å²) in [4.78, 5) is 13.2. The summed E-state index contributed by atoms with van der Waals surface area (Å²) in [6.45, 7) is 3.24. The Balaban J connectivity index is 1.59. The number of para-hydroxylation sites is 1. The van der Waals surface area contributed by atoms with Crippen molar-refractivity contribution in [2.75, 3.05) is 6.61 Å². The molecule has 4 rings (SSSR count). The fourth-order valence-corrected chi connectivity index (χ4v) is 3.59. The van der Waals surface area contributed by atoms with E-state index in [-0.39, 0.29) is 11.6 Å². The predicted octanol–water partition coefficient (Wildman–Crippen LogP) is 5.18. The van der Waals surface area contributed by atoms with Crippen molar-refractivity contribution in [3.05, 3.63) is 99.7 Å². The fourth-order valence-electron chi connectivity index (χ4n) is 3.43. The van der Waals surface area contributed by atoms with Gasteiger partial charge >= 0.3 is 0 Å². The van der Waals surface area contributed by atoms with Crippen molar-refractivity contribution in [2.24, 2.45) is 0 Å². The zero-order chi connectivity index (χ0) is 20.9. The van der Waals surface area contributed by atoms with Gasteiger partial charge in [-0.05, 0) is 54.8 Å². The topological polar surface area (TPSA) is 56.4 Å². The van der Waals surface area contributed by atoms with Gasteiger partial charge in [-0.2, -0.15) is 0 Å². The Kier molecular flexibility index (Phi) is 6.21. The van der Waals surface area contributed by atoms with Crippen molar-refractivity contribution in [1.29, 1.82) is 0 Å². The summed E-state index contributed by atoms with van der Waals surface area (Å²) in [5.41, 5.74) is 1.43. The predicted molar refractivity (Wildman–Crippen MR) is 119 cm³/mol. The van der Waals surface area contributed by atoms with Crippen LogP contribution in [-0.4, -0.2) is 11.2 Å². The number of aromatic nitrogens is 1. The summed E-state index contributed by atoms with van der Waals surface area (Å²) in [5, 5.41) is 4.92. The molecule has 0 amide bonds. The number of halogens is 1. The van der Waals surface area contributed by atoms with E-state index in [9.17, 15) is 4.79 Å². The Morgan fingerprint density at radius 1 is 1.10 bits per heavy atom. The molecule has 6 heteroatoms. The van der Waals surface area contributed by atoms with Crippen LogP contribution in [0.15, 0.2) is 82.2 Å². The normalized spacial score (nSPS) is 12.2. The van der Waals surface area contributed by atoms with Crippen molar-refractivity contribution in [2.45, 2.75) is 26.1 Å². The summed E-state index contributed by atoms with van der Waals surface area (Å²) in [6, 6.07) is 20.9. The van der Waals surface area contributed by atoms with Crippen LogP contribution in [0.25, 0.3) is 10.9 Å². The van der Waals surface area contributed by atoms with Gasteiger partial charge in [0.25, 0.3) is 5.56 Å². The molecule has 4 aromatic rings. The molecule has 0 saturated heterocycles. The number of furan rings is 1. The minimum Gasteiger partial charge on any atom is -0.492 e. The third kappa shape index (κ3) is 4.58. The second-order valence-corrected chi connectivity index (χ2v) is 7.55. The number of hydrogen-bond acceptors (Lipinski definition) is 4. The molecule has 0 spiro atoms. The molecule has 0 aliphatic heterocycles. The van der Waals surface area contributed by atoms with Crippen LogP contribution in [0.2, 0.25) is 5.02 Å². The van der Waals surface area contributed by atoms with Crippen LogP contribution in [0.1, 0.15) is 24.3 Å². The lowest BCUT2D eigenvalue weighted by Gasteiger charge is -2.16. The average molecular weight is 423 g/mol. The molecule has 1 N–H and O–H groups in total. The average Bonchev–Trinajstić information content (AvgIpc) is 3.30. The maximum absolute atomic E-state index is 13.2. The Morgan fingerprint density at radius 2 is 1.93 bits per heavy atom. The first-order chi connectivity index (χ1) is 14.6. The molecular formula is C24H23ClN2O3. The number of benzene rings is 2. The molecule has 5 nitrogen and oxygen atoms in total. The second-order valence-electron chi connectivity index (χ2n) is 7.11. The maximum atomic E-state index is 13.2. The van der Waals surface area contributed by atoms with Gasteiger partial charge in [0, 0.05) is 17.1 Å². The Morgan fingerprint density at radius 3 is 2.70 bits per heavy atom. The summed E-state index contributed by atoms with van der Waals surface area (Å²) < 4.78 is 13.0. The first-order valence-electron chi connectivity index (χ1n) is 9.88. The first-order valence-corrected chi connectivity index (χ1v) is 10.3. The third-order valence-electron chi connectivity index (χ3n) is 5.03. The zero-order valence-electron chi connectivity index (χ0n) is 16.7. The number of hydrogen-bond donors (Lipinski definition) is 1. The largest absolute Gasteiger partial charge is 0.492 e. The standard InChI is InChI=1S/C24H23ClN2O3/c1-17(23-8-5-12-30-23)26-16-19-14-18-9-10-20(25)15-22(18)27(24(19)28)11-13-29-21-6-3-2-4-7-21/h2-10,12,14-15,17,26H,11,13,16H2,1H3/t17-/m0/s1. The first kappa shape index (κ1) is 20.3. The van der Waals surface area contributed by atoms with E-state index >= 15 is 0 Å². The molecule has 0 radical (unpaired) electrons. The van der Waals surface area contributed by atoms with Crippen LogP contribution >= 0.6 is 11.6 Å². The summed E-state index contributed by atoms with van der Waals surface area (Å²) >= 11 is 6.20. The highest BCUT2D eigenvalue weighted by Gasteiger charge is 2.13. The minimum atomic E-state index is -0.0550. The van der Waals surface area contributed by atoms with E-state index in [0.717, 1.165) is 22.4 Å². The van der Waals surface area contributed by atoms with Gasteiger partial charge in [-0.15, -0.1) is 0 Å². The quantitative estimate of drug-likeness (QED) is 0.425. The van der Waals surface area contributed by atoms with Crippen molar-refractivity contribution < 1.29 is 9.15 Å². The molecule has 154 valence electrons. The number of rotatable bonds is 8. The van der Waals surface area contributed by atoms with Crippen molar-refractivity contribution in [1.82, 2.24) is 9.88 Å². The van der Waals surface area contributed by atoms with E-state index in [4.69, 9.17) is 20.8 Å². The van der Waals surface area contributed by atoms with Gasteiger partial charge < -0.3 is 19.0 Å². The third-order valence-corrected chi connectivity index (χ3v) is 5.26. The van der Waals surface area contributed by atoms with Crippen LogP contribution < -0.4 is 15.6 Å². The van der Waals surface area contributed by atoms with Crippen LogP contribution in [0, 0.1) is 0 Å². The molecule has 0 saturated carbocycles. The Hall–Kier alpha value is -3.02. The summed E-state index contributed by atoms with van der Waals surface area (Å²) in [5.74, 6) is 1.61.